The zero-order chi connectivity index (χ0) is 14.7. The summed E-state index contributed by atoms with van der Waals surface area (Å²) in [6.45, 7) is 4.39. The highest BCUT2D eigenvalue weighted by molar-refractivity contribution is 5.64. The van der Waals surface area contributed by atoms with E-state index in [9.17, 15) is 4.79 Å². The van der Waals surface area contributed by atoms with E-state index in [1.165, 1.54) is 0 Å². The van der Waals surface area contributed by atoms with Gasteiger partial charge >= 0.3 is 6.09 Å². The number of amides is 1. The van der Waals surface area contributed by atoms with Crippen molar-refractivity contribution in [1.29, 1.82) is 0 Å². The Kier molecular flexibility index (Phi) is 4.47. The molecule has 0 saturated heterocycles. The van der Waals surface area contributed by atoms with Crippen LogP contribution < -0.4 is 11.1 Å². The number of carboxylic acid groups (broad SMARTS) is 1. The van der Waals surface area contributed by atoms with Crippen LogP contribution in [-0.2, 0) is 0 Å². The van der Waals surface area contributed by atoms with Gasteiger partial charge in [-0.1, -0.05) is 13.8 Å². The summed E-state index contributed by atoms with van der Waals surface area (Å²) in [5.41, 5.74) is 7.82. The lowest BCUT2D eigenvalue weighted by atomic mass is 9.71. The molecule has 1 aliphatic carbocycles. The Morgan fingerprint density at radius 2 is 2.20 bits per heavy atom. The first-order valence-corrected chi connectivity index (χ1v) is 7.16. The molecule has 1 amide bonds. The number of carbonyl (C=O) groups is 1. The highest BCUT2D eigenvalue weighted by Gasteiger charge is 2.32. The van der Waals surface area contributed by atoms with Crippen molar-refractivity contribution < 1.29 is 9.90 Å². The van der Waals surface area contributed by atoms with Crippen LogP contribution in [0.5, 0.6) is 0 Å². The standard InChI is InChI=1S/C15H23N3O2/c1-9(2)10-5-11(7-12(6-10)18-15(19)20)13-3-4-17-8-14(13)16/h3-4,8-12,18H,5-7,16H2,1-2H3,(H,19,20)/t10-,11+,12+/m0/s1. The molecule has 0 bridgehead atoms. The van der Waals surface area contributed by atoms with Crippen molar-refractivity contribution in [3.63, 3.8) is 0 Å². The number of nitrogens with two attached hydrogens (primary N) is 1. The molecule has 0 unspecified atom stereocenters. The zero-order valence-corrected chi connectivity index (χ0v) is 12.0. The van der Waals surface area contributed by atoms with Gasteiger partial charge in [-0.2, -0.15) is 0 Å². The first kappa shape index (κ1) is 14.6. The lowest BCUT2D eigenvalue weighted by Gasteiger charge is -2.37. The summed E-state index contributed by atoms with van der Waals surface area (Å²) in [5.74, 6) is 1.35. The van der Waals surface area contributed by atoms with Gasteiger partial charge in [-0.25, -0.2) is 4.79 Å². The molecule has 3 atom stereocenters. The number of anilines is 1. The van der Waals surface area contributed by atoms with Crippen LogP contribution in [0.15, 0.2) is 18.5 Å². The van der Waals surface area contributed by atoms with Crippen LogP contribution in [0, 0.1) is 11.8 Å². The van der Waals surface area contributed by atoms with Crippen LogP contribution in [0.4, 0.5) is 10.5 Å². The molecule has 0 aliphatic heterocycles. The van der Waals surface area contributed by atoms with E-state index in [2.05, 4.69) is 24.1 Å². The van der Waals surface area contributed by atoms with Crippen molar-refractivity contribution in [2.24, 2.45) is 11.8 Å². The second-order valence-electron chi connectivity index (χ2n) is 6.06. The molecule has 0 radical (unpaired) electrons. The Hall–Kier alpha value is -1.78. The van der Waals surface area contributed by atoms with Crippen molar-refractivity contribution >= 4 is 11.8 Å². The summed E-state index contributed by atoms with van der Waals surface area (Å²) in [5, 5.41) is 11.6. The van der Waals surface area contributed by atoms with Crippen LogP contribution in [0.3, 0.4) is 0 Å². The molecule has 1 heterocycles. The fourth-order valence-corrected chi connectivity index (χ4v) is 3.24. The fraction of sp³-hybridized carbons (Fsp3) is 0.600. The minimum Gasteiger partial charge on any atom is -0.465 e. The largest absolute Gasteiger partial charge is 0.465 e. The Morgan fingerprint density at radius 3 is 2.80 bits per heavy atom. The van der Waals surface area contributed by atoms with Crippen molar-refractivity contribution in [2.45, 2.75) is 45.1 Å². The van der Waals surface area contributed by atoms with E-state index in [-0.39, 0.29) is 6.04 Å². The molecule has 20 heavy (non-hydrogen) atoms. The fourth-order valence-electron chi connectivity index (χ4n) is 3.24. The molecule has 5 heteroatoms. The lowest BCUT2D eigenvalue weighted by Crippen LogP contribution is -2.40. The number of hydrogen-bond acceptors (Lipinski definition) is 3. The third kappa shape index (κ3) is 3.40. The molecular weight excluding hydrogens is 254 g/mol. The van der Waals surface area contributed by atoms with Gasteiger partial charge < -0.3 is 16.2 Å². The predicted molar refractivity (Wildman–Crippen MR) is 78.5 cm³/mol. The predicted octanol–water partition coefficient (Wildman–Crippen LogP) is 2.84. The molecule has 1 fully saturated rings. The third-order valence-electron chi connectivity index (χ3n) is 4.34. The second-order valence-corrected chi connectivity index (χ2v) is 6.06. The molecule has 1 aromatic rings. The Labute approximate surface area is 119 Å². The lowest BCUT2D eigenvalue weighted by molar-refractivity contribution is 0.169. The van der Waals surface area contributed by atoms with E-state index in [1.807, 2.05) is 6.07 Å². The van der Waals surface area contributed by atoms with Gasteiger partial charge in [-0.15, -0.1) is 0 Å². The second kappa shape index (κ2) is 6.11. The normalized spacial score (nSPS) is 26.4. The maximum Gasteiger partial charge on any atom is 0.404 e. The number of hydrogen-bond donors (Lipinski definition) is 3. The summed E-state index contributed by atoms with van der Waals surface area (Å²) < 4.78 is 0. The van der Waals surface area contributed by atoms with Crippen LogP contribution in [0.25, 0.3) is 0 Å². The van der Waals surface area contributed by atoms with E-state index >= 15 is 0 Å². The van der Waals surface area contributed by atoms with Gasteiger partial charge in [0.1, 0.15) is 0 Å². The maximum atomic E-state index is 10.9. The van der Waals surface area contributed by atoms with E-state index in [1.54, 1.807) is 12.4 Å². The molecule has 0 aromatic carbocycles. The molecule has 2 rings (SSSR count). The van der Waals surface area contributed by atoms with Gasteiger partial charge in [0.2, 0.25) is 0 Å². The van der Waals surface area contributed by atoms with Crippen molar-refractivity contribution in [1.82, 2.24) is 10.3 Å². The van der Waals surface area contributed by atoms with Crippen LogP contribution in [0.1, 0.15) is 44.6 Å². The average molecular weight is 277 g/mol. The minimum absolute atomic E-state index is 0.00575. The molecule has 4 N–H and O–H groups in total. The van der Waals surface area contributed by atoms with Gasteiger partial charge in [0, 0.05) is 12.2 Å². The number of nitrogens with one attached hydrogen (secondary N) is 1. The SMILES string of the molecule is CC(C)[C@@H]1C[C@@H](NC(=O)O)C[C@H](c2ccncc2N)C1. The first-order chi connectivity index (χ1) is 9.47. The van der Waals surface area contributed by atoms with Gasteiger partial charge in [-0.05, 0) is 48.6 Å². The topological polar surface area (TPSA) is 88.2 Å². The zero-order valence-electron chi connectivity index (χ0n) is 12.0. The Morgan fingerprint density at radius 1 is 1.45 bits per heavy atom. The van der Waals surface area contributed by atoms with Crippen molar-refractivity contribution in [3.8, 4) is 0 Å². The van der Waals surface area contributed by atoms with Gasteiger partial charge in [0.25, 0.3) is 0 Å². The molecule has 1 aliphatic rings. The number of rotatable bonds is 3. The summed E-state index contributed by atoms with van der Waals surface area (Å²) in [6, 6.07) is 1.96. The quantitative estimate of drug-likeness (QED) is 0.792. The highest BCUT2D eigenvalue weighted by atomic mass is 16.4. The van der Waals surface area contributed by atoms with Gasteiger partial charge in [0.05, 0.1) is 11.9 Å². The van der Waals surface area contributed by atoms with Gasteiger partial charge in [0.15, 0.2) is 0 Å². The molecular formula is C15H23N3O2. The summed E-state index contributed by atoms with van der Waals surface area (Å²) >= 11 is 0. The summed E-state index contributed by atoms with van der Waals surface area (Å²) in [6.07, 6.45) is 5.26. The Bertz CT molecular complexity index is 476. The summed E-state index contributed by atoms with van der Waals surface area (Å²) in [4.78, 5) is 14.9. The molecule has 0 spiro atoms. The molecule has 1 saturated carbocycles. The van der Waals surface area contributed by atoms with Gasteiger partial charge in [-0.3, -0.25) is 4.98 Å². The van der Waals surface area contributed by atoms with Crippen molar-refractivity contribution in [3.05, 3.63) is 24.0 Å². The molecule has 1 aromatic heterocycles. The van der Waals surface area contributed by atoms with E-state index in [4.69, 9.17) is 10.8 Å². The number of aromatic nitrogens is 1. The number of pyridine rings is 1. The van der Waals surface area contributed by atoms with Crippen molar-refractivity contribution in [2.75, 3.05) is 5.73 Å². The first-order valence-electron chi connectivity index (χ1n) is 7.16. The maximum absolute atomic E-state index is 10.9. The van der Waals surface area contributed by atoms with E-state index in [0.29, 0.717) is 23.4 Å². The average Bonchev–Trinajstić information content (AvgIpc) is 2.38. The van der Waals surface area contributed by atoms with Crippen LogP contribution in [0.2, 0.25) is 0 Å². The molecule has 5 nitrogen and oxygen atoms in total. The number of nitrogen functional groups attached to an aromatic ring is 1. The monoisotopic (exact) mass is 277 g/mol. The molecule has 110 valence electrons. The van der Waals surface area contributed by atoms with Crippen LogP contribution >= 0.6 is 0 Å². The number of nitrogens with zero attached hydrogens (tertiary/aromatic N) is 1. The van der Waals surface area contributed by atoms with Crippen LogP contribution in [-0.4, -0.2) is 22.2 Å². The van der Waals surface area contributed by atoms with E-state index in [0.717, 1.165) is 24.8 Å². The minimum atomic E-state index is -0.944. The summed E-state index contributed by atoms with van der Waals surface area (Å²) in [7, 11) is 0. The highest BCUT2D eigenvalue weighted by Crippen LogP contribution is 2.40. The Balaban J connectivity index is 2.19. The third-order valence-corrected chi connectivity index (χ3v) is 4.34. The van der Waals surface area contributed by atoms with E-state index < -0.39 is 6.09 Å². The smallest absolute Gasteiger partial charge is 0.404 e.